The van der Waals surface area contributed by atoms with E-state index in [-0.39, 0.29) is 16.3 Å². The number of hydrogen-bond acceptors (Lipinski definition) is 7. The van der Waals surface area contributed by atoms with E-state index in [1.807, 2.05) is 0 Å². The third-order valence-electron chi connectivity index (χ3n) is 6.00. The number of aromatic nitrogens is 5. The first-order valence-electron chi connectivity index (χ1n) is 11.6. The number of carbonyl (C=O) groups is 1. The van der Waals surface area contributed by atoms with Gasteiger partial charge in [0.2, 0.25) is 5.91 Å². The molecule has 0 radical (unpaired) electrons. The predicted octanol–water partition coefficient (Wildman–Crippen LogP) is 3.23. The van der Waals surface area contributed by atoms with Gasteiger partial charge in [0.25, 0.3) is 5.56 Å². The molecule has 14 heteroatoms. The first-order chi connectivity index (χ1) is 17.9. The quantitative estimate of drug-likeness (QED) is 0.341. The summed E-state index contributed by atoms with van der Waals surface area (Å²) < 4.78 is 10.0. The van der Waals surface area contributed by atoms with E-state index < -0.39 is 29.4 Å². The van der Waals surface area contributed by atoms with Crippen LogP contribution in [-0.2, 0) is 32.5 Å². The van der Waals surface area contributed by atoms with E-state index in [9.17, 15) is 19.2 Å². The molecule has 1 N–H and O–H groups in total. The van der Waals surface area contributed by atoms with Gasteiger partial charge in [0, 0.05) is 32.1 Å². The van der Waals surface area contributed by atoms with Gasteiger partial charge in [0.15, 0.2) is 22.0 Å². The number of anilines is 1. The van der Waals surface area contributed by atoms with E-state index >= 15 is 0 Å². The van der Waals surface area contributed by atoms with E-state index in [1.54, 1.807) is 17.5 Å². The summed E-state index contributed by atoms with van der Waals surface area (Å²) in [5.41, 5.74) is -0.597. The van der Waals surface area contributed by atoms with Gasteiger partial charge in [-0.15, -0.1) is 11.3 Å². The molecule has 0 saturated heterocycles. The number of fused-ring (bicyclic) bond motifs is 1. The zero-order valence-electron chi connectivity index (χ0n) is 21.4. The van der Waals surface area contributed by atoms with Crippen molar-refractivity contribution in [3.63, 3.8) is 0 Å². The van der Waals surface area contributed by atoms with Crippen molar-refractivity contribution in [2.24, 2.45) is 27.1 Å². The second kappa shape index (κ2) is 10.8. The van der Waals surface area contributed by atoms with Gasteiger partial charge in [-0.25, -0.2) is 14.6 Å². The molecule has 0 spiro atoms. The fraction of sp³-hybridized carbons (Fsp3) is 0.375. The molecule has 0 aliphatic carbocycles. The largest absolute Gasteiger partial charge is 0.490 e. The third kappa shape index (κ3) is 5.16. The second-order valence-corrected chi connectivity index (χ2v) is 10.9. The van der Waals surface area contributed by atoms with Crippen molar-refractivity contribution < 1.29 is 9.53 Å². The molecule has 3 heterocycles. The summed E-state index contributed by atoms with van der Waals surface area (Å²) in [5, 5.41) is 5.36. The maximum atomic E-state index is 12.8. The number of nitrogens with one attached hydrogen (secondary N) is 1. The number of halogens is 2. The lowest BCUT2D eigenvalue weighted by atomic mass is 10.1. The molecule has 4 aromatic rings. The number of aryl methyl sites for hydroxylation is 2. The molecule has 1 aromatic carbocycles. The van der Waals surface area contributed by atoms with Gasteiger partial charge in [0.1, 0.15) is 6.54 Å². The average molecular weight is 581 g/mol. The number of thiazole rings is 1. The van der Waals surface area contributed by atoms with Gasteiger partial charge in [-0.05, 0) is 24.5 Å². The first kappa shape index (κ1) is 27.7. The molecule has 0 bridgehead atoms. The Hall–Kier alpha value is -3.35. The smallest absolute Gasteiger partial charge is 0.332 e. The lowest BCUT2D eigenvalue weighted by Crippen LogP contribution is -2.38. The molecule has 0 atom stereocenters. The van der Waals surface area contributed by atoms with Gasteiger partial charge in [-0.2, -0.15) is 0 Å². The molecule has 1 amide bonds. The normalized spacial score (nSPS) is 11.5. The summed E-state index contributed by atoms with van der Waals surface area (Å²) in [5.74, 6) is 0.320. The molecule has 11 nitrogen and oxygen atoms in total. The van der Waals surface area contributed by atoms with Crippen LogP contribution in [0, 0.1) is 5.92 Å². The van der Waals surface area contributed by atoms with Crippen molar-refractivity contribution in [1.29, 1.82) is 0 Å². The van der Waals surface area contributed by atoms with Crippen LogP contribution in [0.4, 0.5) is 5.13 Å². The first-order valence-corrected chi connectivity index (χ1v) is 13.3. The molecule has 0 aliphatic heterocycles. The molecule has 0 aliphatic rings. The fourth-order valence-corrected chi connectivity index (χ4v) is 5.29. The van der Waals surface area contributed by atoms with Gasteiger partial charge < -0.3 is 10.1 Å². The highest BCUT2D eigenvalue weighted by Crippen LogP contribution is 2.38. The molecule has 0 unspecified atom stereocenters. The van der Waals surface area contributed by atoms with Crippen LogP contribution < -0.4 is 27.0 Å². The summed E-state index contributed by atoms with van der Waals surface area (Å²) in [6, 6.07) is 3.38. The Kier molecular flexibility index (Phi) is 7.86. The van der Waals surface area contributed by atoms with Gasteiger partial charge in [0.05, 0.1) is 22.3 Å². The van der Waals surface area contributed by atoms with Crippen LogP contribution in [-0.4, -0.2) is 35.8 Å². The van der Waals surface area contributed by atoms with E-state index in [4.69, 9.17) is 27.9 Å². The van der Waals surface area contributed by atoms with Gasteiger partial charge >= 0.3 is 11.4 Å². The minimum atomic E-state index is -0.671. The highest BCUT2D eigenvalue weighted by molar-refractivity contribution is 7.14. The Balaban J connectivity index is 1.55. The summed E-state index contributed by atoms with van der Waals surface area (Å²) in [7, 11) is 4.20. The van der Waals surface area contributed by atoms with E-state index in [1.165, 1.54) is 37.0 Å². The number of ether oxygens (including phenoxy) is 1. The zero-order valence-corrected chi connectivity index (χ0v) is 23.7. The number of benzene rings is 1. The van der Waals surface area contributed by atoms with Crippen molar-refractivity contribution >= 4 is 56.7 Å². The molecule has 202 valence electrons. The van der Waals surface area contributed by atoms with Crippen molar-refractivity contribution in [1.82, 2.24) is 23.3 Å². The number of rotatable bonds is 8. The molecular weight excluding hydrogens is 555 g/mol. The Morgan fingerprint density at radius 3 is 2.32 bits per heavy atom. The number of amides is 1. The Morgan fingerprint density at radius 2 is 1.68 bits per heavy atom. The minimum absolute atomic E-state index is 0.0444. The Labute approximate surface area is 230 Å². The number of imidazole rings is 1. The van der Waals surface area contributed by atoms with Crippen molar-refractivity contribution in [2.45, 2.75) is 26.8 Å². The van der Waals surface area contributed by atoms with E-state index in [0.717, 1.165) is 20.1 Å². The molecule has 4 rings (SSSR count). The maximum absolute atomic E-state index is 12.8. The molecule has 0 fully saturated rings. The summed E-state index contributed by atoms with van der Waals surface area (Å²) in [4.78, 5) is 55.1. The fourth-order valence-electron chi connectivity index (χ4n) is 3.96. The van der Waals surface area contributed by atoms with Crippen LogP contribution in [0.2, 0.25) is 10.0 Å². The summed E-state index contributed by atoms with van der Waals surface area (Å²) in [6.07, 6.45) is 0.862. The van der Waals surface area contributed by atoms with Crippen LogP contribution >= 0.6 is 34.5 Å². The van der Waals surface area contributed by atoms with E-state index in [0.29, 0.717) is 39.6 Å². The van der Waals surface area contributed by atoms with Gasteiger partial charge in [-0.1, -0.05) is 37.0 Å². The van der Waals surface area contributed by atoms with Crippen LogP contribution in [0.1, 0.15) is 20.3 Å². The lowest BCUT2D eigenvalue weighted by Gasteiger charge is -2.12. The third-order valence-corrected chi connectivity index (χ3v) is 7.32. The molecule has 3 aromatic heterocycles. The zero-order chi connectivity index (χ0) is 27.9. The second-order valence-electron chi connectivity index (χ2n) is 9.19. The SMILES string of the molecule is CC(C)CCOc1c(Cl)cc(-c2csc(NC(=O)Cn3c(=O)n(C)c4c3c(=O)n(C)c(=O)n4C)n2)cc1Cl. The minimum Gasteiger partial charge on any atom is -0.490 e. The van der Waals surface area contributed by atoms with Crippen LogP contribution in [0.15, 0.2) is 31.9 Å². The van der Waals surface area contributed by atoms with Crippen LogP contribution in [0.25, 0.3) is 22.4 Å². The van der Waals surface area contributed by atoms with E-state index in [2.05, 4.69) is 24.1 Å². The number of hydrogen-bond donors (Lipinski definition) is 1. The standard InChI is InChI=1S/C24H26Cl2N6O5S/c1-12(2)6-7-37-19-14(25)8-13(9-15(19)26)16-11-38-22(27-16)28-17(33)10-32-18-20(30(4)24(32)36)29(3)23(35)31(5)21(18)34/h8-9,11-12H,6-7,10H2,1-5H3,(H,27,28,33). The Morgan fingerprint density at radius 1 is 1.05 bits per heavy atom. The van der Waals surface area contributed by atoms with Crippen molar-refractivity contribution in [3.05, 3.63) is 58.9 Å². The number of carbonyl (C=O) groups excluding carboxylic acids is 1. The van der Waals surface area contributed by atoms with Crippen LogP contribution in [0.5, 0.6) is 5.75 Å². The number of nitrogens with zero attached hydrogens (tertiary/aromatic N) is 5. The highest BCUT2D eigenvalue weighted by atomic mass is 35.5. The predicted molar refractivity (Wildman–Crippen MR) is 149 cm³/mol. The molecule has 38 heavy (non-hydrogen) atoms. The monoisotopic (exact) mass is 580 g/mol. The summed E-state index contributed by atoms with van der Waals surface area (Å²) in [6.45, 7) is 4.24. The van der Waals surface area contributed by atoms with Gasteiger partial charge in [-0.3, -0.25) is 27.9 Å². The lowest BCUT2D eigenvalue weighted by molar-refractivity contribution is -0.116. The van der Waals surface area contributed by atoms with Crippen molar-refractivity contribution in [3.8, 4) is 17.0 Å². The van der Waals surface area contributed by atoms with Crippen LogP contribution in [0.3, 0.4) is 0 Å². The maximum Gasteiger partial charge on any atom is 0.332 e. The average Bonchev–Trinajstić information content (AvgIpc) is 3.41. The topological polar surface area (TPSA) is 122 Å². The van der Waals surface area contributed by atoms with Crippen molar-refractivity contribution in [2.75, 3.05) is 11.9 Å². The highest BCUT2D eigenvalue weighted by Gasteiger charge is 2.22. The molecule has 0 saturated carbocycles. The summed E-state index contributed by atoms with van der Waals surface area (Å²) >= 11 is 14.0. The Bertz CT molecular complexity index is 1710. The molecular formula is C24H26Cl2N6O5S.